The fraction of sp³-hybridized carbons (Fsp3) is 0.833. The molecule has 0 saturated carbocycles. The molecule has 5 heteroatoms. The van der Waals surface area contributed by atoms with Crippen LogP contribution >= 0.6 is 0 Å². The fourth-order valence-corrected chi connectivity index (χ4v) is 1.56. The van der Waals surface area contributed by atoms with Crippen molar-refractivity contribution in [3.63, 3.8) is 0 Å². The van der Waals surface area contributed by atoms with Crippen molar-refractivity contribution in [3.8, 4) is 0 Å². The van der Waals surface area contributed by atoms with Crippen LogP contribution in [-0.2, 0) is 11.2 Å². The van der Waals surface area contributed by atoms with Gasteiger partial charge in [0.05, 0.1) is 0 Å². The van der Waals surface area contributed by atoms with Crippen molar-refractivity contribution in [1.82, 2.24) is 15.5 Å². The summed E-state index contributed by atoms with van der Waals surface area (Å²) < 4.78 is 10.8. The molecule has 1 heterocycles. The largest absolute Gasteiger partial charge is 0.370 e. The molecule has 0 aliphatic carbocycles. The Morgan fingerprint density at radius 2 is 2.18 bits per heavy atom. The second-order valence-electron chi connectivity index (χ2n) is 4.13. The molecule has 0 aliphatic heterocycles. The Kier molecular flexibility index (Phi) is 6.15. The third-order valence-corrected chi connectivity index (χ3v) is 2.79. The van der Waals surface area contributed by atoms with Crippen LogP contribution in [-0.4, -0.2) is 29.8 Å². The summed E-state index contributed by atoms with van der Waals surface area (Å²) >= 11 is 0. The lowest BCUT2D eigenvalue weighted by Crippen LogP contribution is -2.21. The Balaban J connectivity index is 2.51. The number of aryl methyl sites for hydroxylation is 1. The molecule has 0 aromatic carbocycles. The van der Waals surface area contributed by atoms with Crippen LogP contribution in [0.5, 0.6) is 0 Å². The van der Waals surface area contributed by atoms with Crippen molar-refractivity contribution in [2.24, 2.45) is 0 Å². The summed E-state index contributed by atoms with van der Waals surface area (Å²) in [7, 11) is 1.95. The number of aromatic nitrogens is 2. The SMILES string of the molecule is CCOC(CC)c1noc(CCC(C)NC)n1. The monoisotopic (exact) mass is 241 g/mol. The summed E-state index contributed by atoms with van der Waals surface area (Å²) in [5.74, 6) is 1.36. The summed E-state index contributed by atoms with van der Waals surface area (Å²) in [5.41, 5.74) is 0. The van der Waals surface area contributed by atoms with E-state index in [4.69, 9.17) is 9.26 Å². The maximum absolute atomic E-state index is 5.54. The van der Waals surface area contributed by atoms with E-state index in [1.807, 2.05) is 14.0 Å². The molecule has 1 aromatic heterocycles. The van der Waals surface area contributed by atoms with Crippen molar-refractivity contribution >= 4 is 0 Å². The fourth-order valence-electron chi connectivity index (χ4n) is 1.56. The zero-order chi connectivity index (χ0) is 12.7. The van der Waals surface area contributed by atoms with Gasteiger partial charge in [0.1, 0.15) is 6.10 Å². The minimum Gasteiger partial charge on any atom is -0.370 e. The molecular formula is C12H23N3O2. The normalized spacial score (nSPS) is 14.8. The Labute approximate surface area is 103 Å². The van der Waals surface area contributed by atoms with E-state index >= 15 is 0 Å². The molecule has 1 aromatic rings. The third-order valence-electron chi connectivity index (χ3n) is 2.79. The zero-order valence-electron chi connectivity index (χ0n) is 11.2. The molecule has 98 valence electrons. The lowest BCUT2D eigenvalue weighted by Gasteiger charge is -2.09. The number of rotatable bonds is 8. The van der Waals surface area contributed by atoms with Crippen molar-refractivity contribution < 1.29 is 9.26 Å². The van der Waals surface area contributed by atoms with Gasteiger partial charge in [0.25, 0.3) is 0 Å². The van der Waals surface area contributed by atoms with Crippen LogP contribution in [0.2, 0.25) is 0 Å². The molecule has 0 aliphatic rings. The van der Waals surface area contributed by atoms with E-state index in [1.165, 1.54) is 0 Å². The second kappa shape index (κ2) is 7.40. The summed E-state index contributed by atoms with van der Waals surface area (Å²) in [6.07, 6.45) is 2.61. The molecule has 0 amide bonds. The summed E-state index contributed by atoms with van der Waals surface area (Å²) in [4.78, 5) is 4.38. The maximum Gasteiger partial charge on any atom is 0.226 e. The van der Waals surface area contributed by atoms with Crippen LogP contribution in [0.15, 0.2) is 4.52 Å². The number of nitrogens with zero attached hydrogens (tertiary/aromatic N) is 2. The van der Waals surface area contributed by atoms with Crippen molar-refractivity contribution in [2.45, 2.75) is 52.2 Å². The molecule has 0 spiro atoms. The standard InChI is InChI=1S/C12H23N3O2/c1-5-10(16-6-2)12-14-11(17-15-12)8-7-9(3)13-4/h9-10,13H,5-8H2,1-4H3. The highest BCUT2D eigenvalue weighted by Crippen LogP contribution is 2.18. The maximum atomic E-state index is 5.54. The van der Waals surface area contributed by atoms with E-state index < -0.39 is 0 Å². The van der Waals surface area contributed by atoms with Crippen LogP contribution in [0, 0.1) is 0 Å². The van der Waals surface area contributed by atoms with E-state index in [0.29, 0.717) is 24.4 Å². The molecule has 17 heavy (non-hydrogen) atoms. The van der Waals surface area contributed by atoms with Gasteiger partial charge >= 0.3 is 0 Å². The molecular weight excluding hydrogens is 218 g/mol. The van der Waals surface area contributed by atoms with Gasteiger partial charge in [-0.2, -0.15) is 4.98 Å². The smallest absolute Gasteiger partial charge is 0.226 e. The molecule has 0 saturated heterocycles. The molecule has 0 fully saturated rings. The van der Waals surface area contributed by atoms with Gasteiger partial charge in [0.15, 0.2) is 0 Å². The molecule has 0 bridgehead atoms. The highest BCUT2D eigenvalue weighted by atomic mass is 16.5. The average molecular weight is 241 g/mol. The van der Waals surface area contributed by atoms with E-state index in [0.717, 1.165) is 19.3 Å². The number of hydrogen-bond donors (Lipinski definition) is 1. The van der Waals surface area contributed by atoms with Crippen LogP contribution < -0.4 is 5.32 Å². The number of ether oxygens (including phenoxy) is 1. The van der Waals surface area contributed by atoms with Gasteiger partial charge in [-0.25, -0.2) is 0 Å². The van der Waals surface area contributed by atoms with Gasteiger partial charge < -0.3 is 14.6 Å². The first-order valence-electron chi connectivity index (χ1n) is 6.32. The van der Waals surface area contributed by atoms with Gasteiger partial charge in [-0.05, 0) is 33.7 Å². The van der Waals surface area contributed by atoms with Crippen molar-refractivity contribution in [1.29, 1.82) is 0 Å². The minimum atomic E-state index is -0.0424. The Morgan fingerprint density at radius 1 is 1.41 bits per heavy atom. The predicted octanol–water partition coefficient (Wildman–Crippen LogP) is 2.10. The van der Waals surface area contributed by atoms with Gasteiger partial charge in [-0.1, -0.05) is 12.1 Å². The first-order valence-corrected chi connectivity index (χ1v) is 6.32. The third kappa shape index (κ3) is 4.44. The number of nitrogens with one attached hydrogen (secondary N) is 1. The Morgan fingerprint density at radius 3 is 2.76 bits per heavy atom. The second-order valence-corrected chi connectivity index (χ2v) is 4.13. The van der Waals surface area contributed by atoms with Gasteiger partial charge in [-0.15, -0.1) is 0 Å². The highest BCUT2D eigenvalue weighted by molar-refractivity contribution is 4.91. The first-order chi connectivity index (χ1) is 8.21. The number of hydrogen-bond acceptors (Lipinski definition) is 5. The van der Waals surface area contributed by atoms with Crippen molar-refractivity contribution in [3.05, 3.63) is 11.7 Å². The molecule has 1 N–H and O–H groups in total. The van der Waals surface area contributed by atoms with Crippen molar-refractivity contribution in [2.75, 3.05) is 13.7 Å². The van der Waals surface area contributed by atoms with E-state index in [1.54, 1.807) is 0 Å². The van der Waals surface area contributed by atoms with Crippen LogP contribution in [0.3, 0.4) is 0 Å². The van der Waals surface area contributed by atoms with Crippen LogP contribution in [0.4, 0.5) is 0 Å². The first kappa shape index (κ1) is 14.1. The van der Waals surface area contributed by atoms with E-state index in [-0.39, 0.29) is 6.10 Å². The molecule has 2 atom stereocenters. The quantitative estimate of drug-likeness (QED) is 0.755. The molecule has 5 nitrogen and oxygen atoms in total. The lowest BCUT2D eigenvalue weighted by molar-refractivity contribution is 0.0518. The van der Waals surface area contributed by atoms with Crippen LogP contribution in [0.25, 0.3) is 0 Å². The Bertz CT molecular complexity index is 314. The minimum absolute atomic E-state index is 0.0424. The molecule has 1 rings (SSSR count). The summed E-state index contributed by atoms with van der Waals surface area (Å²) in [6.45, 7) is 6.82. The average Bonchev–Trinajstić information content (AvgIpc) is 2.81. The topological polar surface area (TPSA) is 60.2 Å². The van der Waals surface area contributed by atoms with Crippen LogP contribution in [0.1, 0.15) is 51.4 Å². The van der Waals surface area contributed by atoms with Gasteiger partial charge in [-0.3, -0.25) is 0 Å². The lowest BCUT2D eigenvalue weighted by atomic mass is 10.2. The summed E-state index contributed by atoms with van der Waals surface area (Å²) in [6, 6.07) is 0.458. The van der Waals surface area contributed by atoms with Gasteiger partial charge in [0, 0.05) is 19.1 Å². The molecule has 2 unspecified atom stereocenters. The van der Waals surface area contributed by atoms with E-state index in [9.17, 15) is 0 Å². The Hall–Kier alpha value is -0.940. The predicted molar refractivity (Wildman–Crippen MR) is 65.8 cm³/mol. The molecule has 0 radical (unpaired) electrons. The van der Waals surface area contributed by atoms with Gasteiger partial charge in [0.2, 0.25) is 11.7 Å². The highest BCUT2D eigenvalue weighted by Gasteiger charge is 2.16. The summed E-state index contributed by atoms with van der Waals surface area (Å²) in [5, 5.41) is 7.16. The van der Waals surface area contributed by atoms with E-state index in [2.05, 4.69) is 29.3 Å². The zero-order valence-corrected chi connectivity index (χ0v) is 11.2.